The zero-order chi connectivity index (χ0) is 10.6. The second kappa shape index (κ2) is 4.66. The minimum atomic E-state index is -0.612. The molecule has 1 aromatic rings. The van der Waals surface area contributed by atoms with E-state index in [9.17, 15) is 9.18 Å². The van der Waals surface area contributed by atoms with Gasteiger partial charge in [0, 0.05) is 6.54 Å². The van der Waals surface area contributed by atoms with Crippen LogP contribution < -0.4 is 5.32 Å². The van der Waals surface area contributed by atoms with Gasteiger partial charge in [-0.2, -0.15) is 0 Å². The average molecular weight is 198 g/mol. The topological polar surface area (TPSA) is 62.2 Å². The minimum absolute atomic E-state index is 0.132. The van der Waals surface area contributed by atoms with Crippen LogP contribution in [0.5, 0.6) is 0 Å². The van der Waals surface area contributed by atoms with Crippen LogP contribution in [-0.4, -0.2) is 28.6 Å². The first-order valence-corrected chi connectivity index (χ1v) is 4.17. The second-order valence-corrected chi connectivity index (χ2v) is 2.92. The summed E-state index contributed by atoms with van der Waals surface area (Å²) >= 11 is 0. The number of hydrogen-bond acceptors (Lipinski definition) is 3. The molecule has 1 rings (SSSR count). The fourth-order valence-electron chi connectivity index (χ4n) is 0.841. The van der Waals surface area contributed by atoms with Crippen molar-refractivity contribution in [2.45, 2.75) is 13.0 Å². The van der Waals surface area contributed by atoms with E-state index in [1.807, 2.05) is 0 Å². The highest BCUT2D eigenvalue weighted by molar-refractivity contribution is 5.92. The van der Waals surface area contributed by atoms with Crippen LogP contribution in [0.15, 0.2) is 18.3 Å². The van der Waals surface area contributed by atoms with Crippen LogP contribution in [0.3, 0.4) is 0 Å². The van der Waals surface area contributed by atoms with Crippen molar-refractivity contribution in [1.82, 2.24) is 10.3 Å². The fraction of sp³-hybridized carbons (Fsp3) is 0.333. The van der Waals surface area contributed by atoms with Gasteiger partial charge in [-0.3, -0.25) is 4.79 Å². The van der Waals surface area contributed by atoms with E-state index in [0.29, 0.717) is 0 Å². The van der Waals surface area contributed by atoms with Crippen molar-refractivity contribution < 1.29 is 14.3 Å². The van der Waals surface area contributed by atoms with Gasteiger partial charge < -0.3 is 10.4 Å². The third-order valence-electron chi connectivity index (χ3n) is 1.52. The van der Waals surface area contributed by atoms with Gasteiger partial charge in [0.05, 0.1) is 12.3 Å². The summed E-state index contributed by atoms with van der Waals surface area (Å²) in [4.78, 5) is 14.8. The van der Waals surface area contributed by atoms with Crippen LogP contribution in [0.25, 0.3) is 0 Å². The van der Waals surface area contributed by atoms with Gasteiger partial charge in [0.2, 0.25) is 0 Å². The molecular formula is C9H11FN2O2. The number of amides is 1. The number of aliphatic hydroxyl groups excluding tert-OH is 1. The number of nitrogens with one attached hydrogen (secondary N) is 1. The van der Waals surface area contributed by atoms with Crippen LogP contribution in [-0.2, 0) is 0 Å². The quantitative estimate of drug-likeness (QED) is 0.735. The Bertz CT molecular complexity index is 311. The van der Waals surface area contributed by atoms with Crippen molar-refractivity contribution >= 4 is 5.91 Å². The molecule has 0 fully saturated rings. The Hall–Kier alpha value is -1.49. The van der Waals surface area contributed by atoms with Gasteiger partial charge in [-0.25, -0.2) is 9.37 Å². The summed E-state index contributed by atoms with van der Waals surface area (Å²) in [5.41, 5.74) is 0.132. The standard InChI is InChI=1S/C9H11FN2O2/c1-6(13)4-12-9(14)8-3-2-7(10)5-11-8/h2-3,5-6,13H,4H2,1H3,(H,12,14)/t6-/m1/s1. The van der Waals surface area contributed by atoms with Gasteiger partial charge in [0.1, 0.15) is 11.5 Å². The van der Waals surface area contributed by atoms with Gasteiger partial charge >= 0.3 is 0 Å². The molecule has 0 unspecified atom stereocenters. The average Bonchev–Trinajstić information content (AvgIpc) is 2.15. The molecule has 14 heavy (non-hydrogen) atoms. The van der Waals surface area contributed by atoms with Crippen LogP contribution >= 0.6 is 0 Å². The summed E-state index contributed by atoms with van der Waals surface area (Å²) in [7, 11) is 0. The Kier molecular flexibility index (Phi) is 3.53. The molecule has 76 valence electrons. The number of rotatable bonds is 3. The predicted molar refractivity (Wildman–Crippen MR) is 48.2 cm³/mol. The van der Waals surface area contributed by atoms with Crippen molar-refractivity contribution in [3.8, 4) is 0 Å². The predicted octanol–water partition coefficient (Wildman–Crippen LogP) is 0.331. The van der Waals surface area contributed by atoms with E-state index in [2.05, 4.69) is 10.3 Å². The normalized spacial score (nSPS) is 12.2. The van der Waals surface area contributed by atoms with Crippen LogP contribution in [0.4, 0.5) is 4.39 Å². The number of aromatic nitrogens is 1. The molecule has 1 amide bonds. The largest absolute Gasteiger partial charge is 0.392 e. The lowest BCUT2D eigenvalue weighted by molar-refractivity contribution is 0.0919. The first-order chi connectivity index (χ1) is 6.59. The van der Waals surface area contributed by atoms with Crippen LogP contribution in [0.2, 0.25) is 0 Å². The van der Waals surface area contributed by atoms with Gasteiger partial charge in [0.15, 0.2) is 0 Å². The Morgan fingerprint density at radius 2 is 2.43 bits per heavy atom. The van der Waals surface area contributed by atoms with Crippen molar-refractivity contribution in [1.29, 1.82) is 0 Å². The summed E-state index contributed by atoms with van der Waals surface area (Å²) in [5.74, 6) is -0.914. The number of hydrogen-bond donors (Lipinski definition) is 2. The van der Waals surface area contributed by atoms with E-state index in [-0.39, 0.29) is 12.2 Å². The molecule has 1 atom stereocenters. The lowest BCUT2D eigenvalue weighted by Gasteiger charge is -2.05. The van der Waals surface area contributed by atoms with E-state index < -0.39 is 17.8 Å². The van der Waals surface area contributed by atoms with Crippen molar-refractivity contribution in [3.63, 3.8) is 0 Å². The molecule has 4 nitrogen and oxygen atoms in total. The maximum Gasteiger partial charge on any atom is 0.269 e. The summed E-state index contributed by atoms with van der Waals surface area (Å²) in [6, 6.07) is 2.44. The lowest BCUT2D eigenvalue weighted by atomic mass is 10.3. The third kappa shape index (κ3) is 3.10. The molecule has 0 aliphatic carbocycles. The summed E-state index contributed by atoms with van der Waals surface area (Å²) in [6.45, 7) is 1.70. The zero-order valence-corrected chi connectivity index (χ0v) is 7.70. The van der Waals surface area contributed by atoms with E-state index in [4.69, 9.17) is 5.11 Å². The minimum Gasteiger partial charge on any atom is -0.392 e. The lowest BCUT2D eigenvalue weighted by Crippen LogP contribution is -2.31. The molecule has 0 saturated heterocycles. The maximum atomic E-state index is 12.4. The Morgan fingerprint density at radius 1 is 1.71 bits per heavy atom. The number of pyridine rings is 1. The van der Waals surface area contributed by atoms with Gasteiger partial charge in [0.25, 0.3) is 5.91 Å². The van der Waals surface area contributed by atoms with E-state index >= 15 is 0 Å². The Morgan fingerprint density at radius 3 is 2.93 bits per heavy atom. The summed E-state index contributed by atoms with van der Waals surface area (Å²) < 4.78 is 12.4. The number of carbonyl (C=O) groups is 1. The molecule has 0 saturated carbocycles. The molecule has 0 bridgehead atoms. The maximum absolute atomic E-state index is 12.4. The molecule has 1 heterocycles. The number of halogens is 1. The molecular weight excluding hydrogens is 187 g/mol. The van der Waals surface area contributed by atoms with Crippen LogP contribution in [0.1, 0.15) is 17.4 Å². The molecule has 2 N–H and O–H groups in total. The van der Waals surface area contributed by atoms with E-state index in [1.54, 1.807) is 6.92 Å². The van der Waals surface area contributed by atoms with Crippen LogP contribution in [0, 0.1) is 5.82 Å². The third-order valence-corrected chi connectivity index (χ3v) is 1.52. The Balaban J connectivity index is 2.57. The SMILES string of the molecule is C[C@@H](O)CNC(=O)c1ccc(F)cn1. The zero-order valence-electron chi connectivity index (χ0n) is 7.70. The van der Waals surface area contributed by atoms with E-state index in [0.717, 1.165) is 12.3 Å². The first-order valence-electron chi connectivity index (χ1n) is 4.17. The first kappa shape index (κ1) is 10.6. The highest BCUT2D eigenvalue weighted by Gasteiger charge is 2.07. The second-order valence-electron chi connectivity index (χ2n) is 2.92. The number of nitrogens with zero attached hydrogens (tertiary/aromatic N) is 1. The molecule has 0 aliphatic rings. The molecule has 0 radical (unpaired) electrons. The molecule has 0 spiro atoms. The summed E-state index contributed by atoms with van der Waals surface area (Å²) in [6.07, 6.45) is 0.358. The van der Waals surface area contributed by atoms with Crippen molar-refractivity contribution in [3.05, 3.63) is 29.8 Å². The van der Waals surface area contributed by atoms with Crippen molar-refractivity contribution in [2.24, 2.45) is 0 Å². The Labute approximate surface area is 80.8 Å². The highest BCUT2D eigenvalue weighted by Crippen LogP contribution is 1.97. The van der Waals surface area contributed by atoms with E-state index in [1.165, 1.54) is 6.07 Å². The smallest absolute Gasteiger partial charge is 0.269 e. The molecule has 0 aliphatic heterocycles. The van der Waals surface area contributed by atoms with Gasteiger partial charge in [-0.05, 0) is 19.1 Å². The van der Waals surface area contributed by atoms with Crippen molar-refractivity contribution in [2.75, 3.05) is 6.54 Å². The molecule has 0 aromatic carbocycles. The van der Waals surface area contributed by atoms with Gasteiger partial charge in [-0.1, -0.05) is 0 Å². The molecule has 1 aromatic heterocycles. The number of aliphatic hydroxyl groups is 1. The number of carbonyl (C=O) groups excluding carboxylic acids is 1. The molecule has 5 heteroatoms. The van der Waals surface area contributed by atoms with Gasteiger partial charge in [-0.15, -0.1) is 0 Å². The highest BCUT2D eigenvalue weighted by atomic mass is 19.1. The fourth-order valence-corrected chi connectivity index (χ4v) is 0.841. The summed E-state index contributed by atoms with van der Waals surface area (Å²) in [5, 5.41) is 11.3. The monoisotopic (exact) mass is 198 g/mol.